The highest BCUT2D eigenvalue weighted by molar-refractivity contribution is 5.86. The first kappa shape index (κ1) is 16.0. The predicted molar refractivity (Wildman–Crippen MR) is 86.8 cm³/mol. The van der Waals surface area contributed by atoms with Crippen molar-refractivity contribution in [3.8, 4) is 0 Å². The molecule has 2 rings (SSSR count). The summed E-state index contributed by atoms with van der Waals surface area (Å²) < 4.78 is 0. The Bertz CT molecular complexity index is 478. The maximum Gasteiger partial charge on any atom is 0.245 e. The van der Waals surface area contributed by atoms with Gasteiger partial charge in [-0.25, -0.2) is 0 Å². The maximum atomic E-state index is 12.9. The Balaban J connectivity index is 2.29. The summed E-state index contributed by atoms with van der Waals surface area (Å²) in [6, 6.07) is 10.1. The summed E-state index contributed by atoms with van der Waals surface area (Å²) in [5, 5.41) is 3.54. The first-order valence-corrected chi connectivity index (χ1v) is 7.99. The van der Waals surface area contributed by atoms with E-state index in [4.69, 9.17) is 0 Å². The molecule has 3 heteroatoms. The molecule has 1 heterocycles. The number of benzene rings is 1. The van der Waals surface area contributed by atoms with E-state index in [-0.39, 0.29) is 29.6 Å². The molecule has 3 atom stereocenters. The SMILES string of the molecule is CCCC1NC(c2ccccc2)C(=O)N1C(C)C(C)(C)C. The van der Waals surface area contributed by atoms with Gasteiger partial charge in [-0.05, 0) is 24.3 Å². The zero-order valence-electron chi connectivity index (χ0n) is 13.9. The van der Waals surface area contributed by atoms with Crippen molar-refractivity contribution in [2.75, 3.05) is 0 Å². The molecule has 0 aromatic heterocycles. The minimum absolute atomic E-state index is 0.0783. The van der Waals surface area contributed by atoms with Crippen LogP contribution < -0.4 is 5.32 Å². The molecule has 1 N–H and O–H groups in total. The molecule has 1 aliphatic rings. The van der Waals surface area contributed by atoms with E-state index in [1.807, 2.05) is 30.3 Å². The molecule has 1 fully saturated rings. The summed E-state index contributed by atoms with van der Waals surface area (Å²) in [6.07, 6.45) is 2.21. The largest absolute Gasteiger partial charge is 0.322 e. The average molecular weight is 288 g/mol. The molecule has 1 amide bonds. The Labute approximate surface area is 128 Å². The number of rotatable bonds is 4. The van der Waals surface area contributed by atoms with Gasteiger partial charge in [-0.3, -0.25) is 10.1 Å². The van der Waals surface area contributed by atoms with E-state index in [2.05, 4.69) is 44.8 Å². The third-order valence-corrected chi connectivity index (χ3v) is 4.56. The minimum atomic E-state index is -0.201. The fourth-order valence-electron chi connectivity index (χ4n) is 2.90. The van der Waals surface area contributed by atoms with Gasteiger partial charge >= 0.3 is 0 Å². The Morgan fingerprint density at radius 2 is 1.86 bits per heavy atom. The summed E-state index contributed by atoms with van der Waals surface area (Å²) in [6.45, 7) is 10.9. The van der Waals surface area contributed by atoms with Gasteiger partial charge in [-0.15, -0.1) is 0 Å². The molecule has 3 unspecified atom stereocenters. The van der Waals surface area contributed by atoms with Crippen LogP contribution in [-0.2, 0) is 4.79 Å². The molecule has 1 aromatic rings. The molecule has 0 aliphatic carbocycles. The van der Waals surface area contributed by atoms with Crippen molar-refractivity contribution in [2.24, 2.45) is 5.41 Å². The van der Waals surface area contributed by atoms with Gasteiger partial charge in [0.1, 0.15) is 6.04 Å². The second kappa shape index (κ2) is 6.18. The van der Waals surface area contributed by atoms with Crippen LogP contribution in [0.3, 0.4) is 0 Å². The number of carbonyl (C=O) groups is 1. The first-order chi connectivity index (χ1) is 9.86. The smallest absolute Gasteiger partial charge is 0.245 e. The minimum Gasteiger partial charge on any atom is -0.322 e. The molecule has 0 spiro atoms. The van der Waals surface area contributed by atoms with Crippen LogP contribution in [-0.4, -0.2) is 23.0 Å². The predicted octanol–water partition coefficient (Wildman–Crippen LogP) is 3.72. The second-order valence-electron chi connectivity index (χ2n) is 7.10. The average Bonchev–Trinajstić information content (AvgIpc) is 2.75. The highest BCUT2D eigenvalue weighted by atomic mass is 16.2. The monoisotopic (exact) mass is 288 g/mol. The van der Waals surface area contributed by atoms with Crippen LogP contribution in [0.4, 0.5) is 0 Å². The lowest BCUT2D eigenvalue weighted by Crippen LogP contribution is -2.48. The van der Waals surface area contributed by atoms with E-state index in [9.17, 15) is 4.79 Å². The Morgan fingerprint density at radius 3 is 2.38 bits per heavy atom. The van der Waals surface area contributed by atoms with Crippen LogP contribution in [0.5, 0.6) is 0 Å². The summed E-state index contributed by atoms with van der Waals surface area (Å²) in [5.74, 6) is 0.210. The van der Waals surface area contributed by atoms with E-state index in [1.165, 1.54) is 0 Å². The van der Waals surface area contributed by atoms with E-state index >= 15 is 0 Å². The lowest BCUT2D eigenvalue weighted by molar-refractivity contribution is -0.134. The Morgan fingerprint density at radius 1 is 1.24 bits per heavy atom. The maximum absolute atomic E-state index is 12.9. The van der Waals surface area contributed by atoms with Crippen LogP contribution in [0.1, 0.15) is 59.1 Å². The summed E-state index contributed by atoms with van der Waals surface area (Å²) in [4.78, 5) is 15.0. The molecule has 21 heavy (non-hydrogen) atoms. The molecule has 1 saturated heterocycles. The van der Waals surface area contributed by atoms with Crippen molar-refractivity contribution in [3.05, 3.63) is 35.9 Å². The van der Waals surface area contributed by atoms with Gasteiger partial charge in [0.2, 0.25) is 5.91 Å². The van der Waals surface area contributed by atoms with Crippen LogP contribution in [0.15, 0.2) is 30.3 Å². The number of hydrogen-bond donors (Lipinski definition) is 1. The van der Waals surface area contributed by atoms with Gasteiger partial charge in [-0.2, -0.15) is 0 Å². The van der Waals surface area contributed by atoms with E-state index < -0.39 is 0 Å². The lowest BCUT2D eigenvalue weighted by atomic mass is 9.86. The third kappa shape index (κ3) is 3.29. The highest BCUT2D eigenvalue weighted by Crippen LogP contribution is 2.33. The standard InChI is InChI=1S/C18H28N2O/c1-6-10-15-19-16(14-11-8-7-9-12-14)17(21)20(15)13(2)18(3,4)5/h7-9,11-13,15-16,19H,6,10H2,1-5H3. The van der Waals surface area contributed by atoms with Gasteiger partial charge in [0.05, 0.1) is 6.17 Å². The van der Waals surface area contributed by atoms with Crippen molar-refractivity contribution >= 4 is 5.91 Å². The van der Waals surface area contributed by atoms with Gasteiger partial charge < -0.3 is 4.90 Å². The summed E-state index contributed by atoms with van der Waals surface area (Å²) in [5.41, 5.74) is 1.14. The van der Waals surface area contributed by atoms with Crippen molar-refractivity contribution in [1.82, 2.24) is 10.2 Å². The molecule has 116 valence electrons. The zero-order valence-corrected chi connectivity index (χ0v) is 13.9. The molecular weight excluding hydrogens is 260 g/mol. The molecule has 0 bridgehead atoms. The number of hydrogen-bond acceptors (Lipinski definition) is 2. The highest BCUT2D eigenvalue weighted by Gasteiger charge is 2.44. The van der Waals surface area contributed by atoms with Crippen LogP contribution >= 0.6 is 0 Å². The van der Waals surface area contributed by atoms with Gasteiger partial charge in [0.15, 0.2) is 0 Å². The van der Waals surface area contributed by atoms with Crippen molar-refractivity contribution in [3.63, 3.8) is 0 Å². The van der Waals surface area contributed by atoms with Crippen LogP contribution in [0.25, 0.3) is 0 Å². The normalized spacial score (nSPS) is 24.4. The topological polar surface area (TPSA) is 32.3 Å². The zero-order chi connectivity index (χ0) is 15.6. The number of amides is 1. The van der Waals surface area contributed by atoms with E-state index in [0.29, 0.717) is 0 Å². The fraction of sp³-hybridized carbons (Fsp3) is 0.611. The first-order valence-electron chi connectivity index (χ1n) is 7.99. The van der Waals surface area contributed by atoms with Crippen molar-refractivity contribution in [1.29, 1.82) is 0 Å². The molecular formula is C18H28N2O. The molecule has 1 aromatic carbocycles. The van der Waals surface area contributed by atoms with Gasteiger partial charge in [-0.1, -0.05) is 64.4 Å². The summed E-state index contributed by atoms with van der Waals surface area (Å²) in [7, 11) is 0. The van der Waals surface area contributed by atoms with E-state index in [0.717, 1.165) is 18.4 Å². The molecule has 1 aliphatic heterocycles. The van der Waals surface area contributed by atoms with Crippen LogP contribution in [0.2, 0.25) is 0 Å². The third-order valence-electron chi connectivity index (χ3n) is 4.56. The van der Waals surface area contributed by atoms with Gasteiger partial charge in [0, 0.05) is 6.04 Å². The number of nitrogens with zero attached hydrogens (tertiary/aromatic N) is 1. The van der Waals surface area contributed by atoms with Crippen LogP contribution in [0, 0.1) is 5.41 Å². The second-order valence-corrected chi connectivity index (χ2v) is 7.10. The fourth-order valence-corrected chi connectivity index (χ4v) is 2.90. The molecule has 3 nitrogen and oxygen atoms in total. The number of nitrogens with one attached hydrogen (secondary N) is 1. The quantitative estimate of drug-likeness (QED) is 0.916. The number of carbonyl (C=O) groups excluding carboxylic acids is 1. The van der Waals surface area contributed by atoms with Gasteiger partial charge in [0.25, 0.3) is 0 Å². The molecule has 0 radical (unpaired) electrons. The van der Waals surface area contributed by atoms with Crippen molar-refractivity contribution in [2.45, 2.75) is 65.7 Å². The van der Waals surface area contributed by atoms with E-state index in [1.54, 1.807) is 0 Å². The van der Waals surface area contributed by atoms with Crippen molar-refractivity contribution < 1.29 is 4.79 Å². The lowest BCUT2D eigenvalue weighted by Gasteiger charge is -2.38. The molecule has 0 saturated carbocycles. The Kier molecular flexibility index (Phi) is 4.72. The Hall–Kier alpha value is -1.35. The summed E-state index contributed by atoms with van der Waals surface area (Å²) >= 11 is 0.